The Bertz CT molecular complexity index is 768. The molecule has 0 saturated heterocycles. The second-order valence-electron chi connectivity index (χ2n) is 5.35. The molecule has 0 saturated carbocycles. The monoisotopic (exact) mass is 298 g/mol. The van der Waals surface area contributed by atoms with Crippen LogP contribution in [0, 0.1) is 12.3 Å². The minimum atomic E-state index is -0.264. The fraction of sp³-hybridized carbons (Fsp3) is 0.0909. The van der Waals surface area contributed by atoms with Crippen LogP contribution in [-0.2, 0) is 6.42 Å². The lowest BCUT2D eigenvalue weighted by Crippen LogP contribution is -2.17. The summed E-state index contributed by atoms with van der Waals surface area (Å²) in [5, 5.41) is 0. The van der Waals surface area contributed by atoms with Crippen molar-refractivity contribution in [2.24, 2.45) is 0 Å². The van der Waals surface area contributed by atoms with Crippen molar-refractivity contribution in [1.82, 2.24) is 0 Å². The van der Waals surface area contributed by atoms with Crippen LogP contribution in [0.5, 0.6) is 5.75 Å². The zero-order valence-corrected chi connectivity index (χ0v) is 12.9. The van der Waals surface area contributed by atoms with Gasteiger partial charge >= 0.3 is 0 Å². The van der Waals surface area contributed by atoms with Gasteiger partial charge in [0.2, 0.25) is 0 Å². The minimum Gasteiger partial charge on any atom is -0.477 e. The number of ether oxygens (including phenoxy) is 1. The van der Waals surface area contributed by atoms with Gasteiger partial charge in [0.1, 0.15) is 5.75 Å². The molecule has 0 radical (unpaired) electrons. The Labute approximate surface area is 137 Å². The molecule has 0 aliphatic rings. The van der Waals surface area contributed by atoms with Gasteiger partial charge < -0.3 is 4.74 Å². The van der Waals surface area contributed by atoms with Crippen molar-refractivity contribution < 1.29 is 4.74 Å². The van der Waals surface area contributed by atoms with Crippen LogP contribution in [0.1, 0.15) is 5.56 Å². The smallest absolute Gasteiger partial charge is 0.162 e. The van der Waals surface area contributed by atoms with Crippen LogP contribution < -0.4 is 4.74 Å². The van der Waals surface area contributed by atoms with Gasteiger partial charge in [0, 0.05) is 6.42 Å². The van der Waals surface area contributed by atoms with E-state index < -0.39 is 0 Å². The number of hydrogen-bond donors (Lipinski definition) is 0. The summed E-state index contributed by atoms with van der Waals surface area (Å²) in [6.07, 6.45) is 6.06. The Kier molecular flexibility index (Phi) is 4.76. The Morgan fingerprint density at radius 2 is 1.30 bits per heavy atom. The third-order valence-electron chi connectivity index (χ3n) is 3.69. The van der Waals surface area contributed by atoms with E-state index in [1.807, 2.05) is 48.5 Å². The predicted octanol–water partition coefficient (Wildman–Crippen LogP) is 4.98. The molecule has 0 heterocycles. The molecule has 23 heavy (non-hydrogen) atoms. The van der Waals surface area contributed by atoms with Gasteiger partial charge in [0.05, 0.1) is 0 Å². The SMILES string of the molecule is C#C[C@H](Cc1ccccc1)Oc1ccc(-c2ccccc2)cc1. The first kappa shape index (κ1) is 14.9. The van der Waals surface area contributed by atoms with Crippen molar-refractivity contribution in [2.45, 2.75) is 12.5 Å². The second-order valence-corrected chi connectivity index (χ2v) is 5.35. The molecule has 0 unspecified atom stereocenters. The molecule has 0 amide bonds. The van der Waals surface area contributed by atoms with E-state index in [1.165, 1.54) is 16.7 Å². The van der Waals surface area contributed by atoms with Crippen LogP contribution in [0.3, 0.4) is 0 Å². The van der Waals surface area contributed by atoms with Crippen molar-refractivity contribution >= 4 is 0 Å². The van der Waals surface area contributed by atoms with E-state index in [1.54, 1.807) is 0 Å². The lowest BCUT2D eigenvalue weighted by molar-refractivity contribution is 0.259. The van der Waals surface area contributed by atoms with Gasteiger partial charge in [-0.05, 0) is 28.8 Å². The highest BCUT2D eigenvalue weighted by Crippen LogP contribution is 2.23. The summed E-state index contributed by atoms with van der Waals surface area (Å²) >= 11 is 0. The molecule has 1 heteroatoms. The molecular weight excluding hydrogens is 280 g/mol. The third kappa shape index (κ3) is 4.02. The zero-order valence-electron chi connectivity index (χ0n) is 12.9. The summed E-state index contributed by atoms with van der Waals surface area (Å²) in [4.78, 5) is 0. The van der Waals surface area contributed by atoms with Gasteiger partial charge in [-0.25, -0.2) is 0 Å². The Hall–Kier alpha value is -2.98. The Morgan fingerprint density at radius 1 is 0.739 bits per heavy atom. The molecular formula is C22H18O. The number of rotatable bonds is 5. The van der Waals surface area contributed by atoms with E-state index in [0.29, 0.717) is 6.42 Å². The summed E-state index contributed by atoms with van der Waals surface area (Å²) in [6, 6.07) is 28.5. The van der Waals surface area contributed by atoms with E-state index in [-0.39, 0.29) is 6.10 Å². The topological polar surface area (TPSA) is 9.23 Å². The van der Waals surface area contributed by atoms with Gasteiger partial charge in [0.25, 0.3) is 0 Å². The van der Waals surface area contributed by atoms with Gasteiger partial charge in [0.15, 0.2) is 6.10 Å². The quantitative estimate of drug-likeness (QED) is 0.604. The van der Waals surface area contributed by atoms with E-state index in [0.717, 1.165) is 5.75 Å². The molecule has 0 N–H and O–H groups in total. The standard InChI is InChI=1S/C22H18O/c1-2-21(17-18-9-5-3-6-10-18)23-22-15-13-20(14-16-22)19-11-7-4-8-12-19/h1,3-16,21H,17H2/t21-/m1/s1. The second kappa shape index (κ2) is 7.33. The predicted molar refractivity (Wildman–Crippen MR) is 95.3 cm³/mol. The highest BCUT2D eigenvalue weighted by Gasteiger charge is 2.08. The molecule has 0 aliphatic heterocycles. The molecule has 0 spiro atoms. The fourth-order valence-electron chi connectivity index (χ4n) is 2.48. The van der Waals surface area contributed by atoms with Crippen LogP contribution in [0.15, 0.2) is 84.9 Å². The molecule has 0 aromatic heterocycles. The molecule has 1 atom stereocenters. The molecule has 3 rings (SSSR count). The Balaban J connectivity index is 1.69. The maximum Gasteiger partial charge on any atom is 0.162 e. The normalized spacial score (nSPS) is 11.4. The van der Waals surface area contributed by atoms with Crippen LogP contribution in [-0.4, -0.2) is 6.10 Å². The average molecular weight is 298 g/mol. The van der Waals surface area contributed by atoms with Crippen LogP contribution in [0.2, 0.25) is 0 Å². The van der Waals surface area contributed by atoms with Crippen molar-refractivity contribution in [1.29, 1.82) is 0 Å². The Morgan fingerprint density at radius 3 is 1.91 bits per heavy atom. The molecule has 112 valence electrons. The van der Waals surface area contributed by atoms with Crippen LogP contribution >= 0.6 is 0 Å². The molecule has 0 bridgehead atoms. The van der Waals surface area contributed by atoms with Gasteiger partial charge in [-0.3, -0.25) is 0 Å². The number of terminal acetylenes is 1. The first-order chi connectivity index (χ1) is 11.3. The molecule has 0 fully saturated rings. The minimum absolute atomic E-state index is 0.264. The largest absolute Gasteiger partial charge is 0.477 e. The molecule has 3 aromatic rings. The summed E-state index contributed by atoms with van der Waals surface area (Å²) in [5.41, 5.74) is 3.53. The van der Waals surface area contributed by atoms with Crippen molar-refractivity contribution in [3.63, 3.8) is 0 Å². The van der Waals surface area contributed by atoms with Crippen LogP contribution in [0.25, 0.3) is 11.1 Å². The maximum absolute atomic E-state index is 5.92. The van der Waals surface area contributed by atoms with Crippen molar-refractivity contribution in [3.05, 3.63) is 90.5 Å². The van der Waals surface area contributed by atoms with Crippen molar-refractivity contribution in [2.75, 3.05) is 0 Å². The summed E-state index contributed by atoms with van der Waals surface area (Å²) in [5.74, 6) is 3.52. The summed E-state index contributed by atoms with van der Waals surface area (Å²) in [7, 11) is 0. The van der Waals surface area contributed by atoms with E-state index in [4.69, 9.17) is 11.2 Å². The first-order valence-electron chi connectivity index (χ1n) is 7.67. The van der Waals surface area contributed by atoms with E-state index >= 15 is 0 Å². The van der Waals surface area contributed by atoms with Gasteiger partial charge in [-0.15, -0.1) is 6.42 Å². The van der Waals surface area contributed by atoms with Crippen LogP contribution in [0.4, 0.5) is 0 Å². The maximum atomic E-state index is 5.92. The molecule has 0 aliphatic carbocycles. The van der Waals surface area contributed by atoms with E-state index in [2.05, 4.69) is 42.3 Å². The highest BCUT2D eigenvalue weighted by atomic mass is 16.5. The number of benzene rings is 3. The van der Waals surface area contributed by atoms with E-state index in [9.17, 15) is 0 Å². The molecule has 1 nitrogen and oxygen atoms in total. The molecule has 3 aromatic carbocycles. The lowest BCUT2D eigenvalue weighted by Gasteiger charge is -2.14. The lowest BCUT2D eigenvalue weighted by atomic mass is 10.1. The van der Waals surface area contributed by atoms with Gasteiger partial charge in [-0.2, -0.15) is 0 Å². The average Bonchev–Trinajstić information content (AvgIpc) is 2.63. The number of hydrogen-bond acceptors (Lipinski definition) is 1. The van der Waals surface area contributed by atoms with Crippen molar-refractivity contribution in [3.8, 4) is 29.2 Å². The van der Waals surface area contributed by atoms with Gasteiger partial charge in [-0.1, -0.05) is 78.7 Å². The highest BCUT2D eigenvalue weighted by molar-refractivity contribution is 5.63. The third-order valence-corrected chi connectivity index (χ3v) is 3.69. The summed E-state index contributed by atoms with van der Waals surface area (Å²) < 4.78 is 5.92. The first-order valence-corrected chi connectivity index (χ1v) is 7.67. The fourth-order valence-corrected chi connectivity index (χ4v) is 2.48. The summed E-state index contributed by atoms with van der Waals surface area (Å²) in [6.45, 7) is 0. The zero-order chi connectivity index (χ0) is 15.9.